The molecule has 3 nitrogen and oxygen atoms in total. The third kappa shape index (κ3) is 5.01. The summed E-state index contributed by atoms with van der Waals surface area (Å²) in [5, 5.41) is 6.12. The fourth-order valence-electron chi connectivity index (χ4n) is 3.68. The zero-order valence-electron chi connectivity index (χ0n) is 15.2. The monoisotopic (exact) mass is 384 g/mol. The van der Waals surface area contributed by atoms with Crippen molar-refractivity contribution in [1.82, 2.24) is 10.2 Å². The summed E-state index contributed by atoms with van der Waals surface area (Å²) in [4.78, 5) is 2.63. The zero-order valence-corrected chi connectivity index (χ0v) is 16.8. The maximum atomic E-state index is 6.02. The Balaban J connectivity index is 0.00000156. The Morgan fingerprint density at radius 2 is 1.76 bits per heavy atom. The summed E-state index contributed by atoms with van der Waals surface area (Å²) in [5.74, 6) is 1.06. The molecule has 2 aromatic rings. The van der Waals surface area contributed by atoms with E-state index >= 15 is 0 Å². The number of ether oxygens (including phenoxy) is 1. The maximum absolute atomic E-state index is 6.02. The lowest BCUT2D eigenvalue weighted by molar-refractivity contribution is 0.162. The van der Waals surface area contributed by atoms with Crippen molar-refractivity contribution in [2.24, 2.45) is 0 Å². The minimum absolute atomic E-state index is 0. The van der Waals surface area contributed by atoms with E-state index in [-0.39, 0.29) is 24.8 Å². The molecule has 0 radical (unpaired) electrons. The average molecular weight is 385 g/mol. The van der Waals surface area contributed by atoms with E-state index in [4.69, 9.17) is 4.74 Å². The second-order valence-corrected chi connectivity index (χ2v) is 6.22. The van der Waals surface area contributed by atoms with Crippen LogP contribution in [0, 0.1) is 0 Å². The Kier molecular flexibility index (Phi) is 9.58. The second kappa shape index (κ2) is 10.9. The summed E-state index contributed by atoms with van der Waals surface area (Å²) < 4.78 is 6.02. The van der Waals surface area contributed by atoms with Crippen LogP contribution in [0.15, 0.2) is 36.4 Å². The number of hydrogen-bond acceptors (Lipinski definition) is 3. The highest BCUT2D eigenvalue weighted by molar-refractivity contribution is 5.88. The van der Waals surface area contributed by atoms with Crippen LogP contribution in [0.5, 0.6) is 5.75 Å². The smallest absolute Gasteiger partial charge is 0.124 e. The molecule has 1 heterocycles. The van der Waals surface area contributed by atoms with E-state index in [2.05, 4.69) is 60.5 Å². The van der Waals surface area contributed by atoms with Gasteiger partial charge in [0, 0.05) is 37.8 Å². The van der Waals surface area contributed by atoms with E-state index in [1.54, 1.807) is 0 Å². The molecule has 0 saturated carbocycles. The summed E-state index contributed by atoms with van der Waals surface area (Å²) in [6.07, 6.45) is 2.36. The minimum Gasteiger partial charge on any atom is -0.494 e. The average Bonchev–Trinajstić information content (AvgIpc) is 2.61. The van der Waals surface area contributed by atoms with Gasteiger partial charge in [-0.25, -0.2) is 0 Å². The first kappa shape index (κ1) is 22.0. The van der Waals surface area contributed by atoms with Gasteiger partial charge in [0.15, 0.2) is 0 Å². The molecule has 2 aromatic carbocycles. The topological polar surface area (TPSA) is 24.5 Å². The Morgan fingerprint density at radius 3 is 2.44 bits per heavy atom. The van der Waals surface area contributed by atoms with Crippen LogP contribution >= 0.6 is 24.8 Å². The van der Waals surface area contributed by atoms with Crippen LogP contribution in [0.3, 0.4) is 0 Å². The lowest BCUT2D eigenvalue weighted by Crippen LogP contribution is -2.45. The Hall–Kier alpha value is -1.00. The molecular formula is C20H30Cl2N2O. The third-order valence-corrected chi connectivity index (χ3v) is 4.72. The molecule has 0 spiro atoms. The fraction of sp³-hybridized carbons (Fsp3) is 0.500. The van der Waals surface area contributed by atoms with Crippen molar-refractivity contribution in [3.05, 3.63) is 42.0 Å². The number of halogens is 2. The third-order valence-electron chi connectivity index (χ3n) is 4.72. The van der Waals surface area contributed by atoms with Gasteiger partial charge in [0.05, 0.1) is 6.61 Å². The molecule has 1 aliphatic rings. The van der Waals surface area contributed by atoms with E-state index in [1.807, 2.05) is 0 Å². The molecule has 1 saturated heterocycles. The van der Waals surface area contributed by atoms with Crippen molar-refractivity contribution in [3.8, 4) is 5.75 Å². The first-order chi connectivity index (χ1) is 11.3. The van der Waals surface area contributed by atoms with Gasteiger partial charge in [0.1, 0.15) is 5.75 Å². The first-order valence-electron chi connectivity index (χ1n) is 8.94. The van der Waals surface area contributed by atoms with Gasteiger partial charge in [-0.1, -0.05) is 43.7 Å². The van der Waals surface area contributed by atoms with Gasteiger partial charge in [-0.2, -0.15) is 0 Å². The highest BCUT2D eigenvalue weighted by Gasteiger charge is 2.26. The van der Waals surface area contributed by atoms with Gasteiger partial charge >= 0.3 is 0 Å². The highest BCUT2D eigenvalue weighted by Crippen LogP contribution is 2.38. The summed E-state index contributed by atoms with van der Waals surface area (Å²) in [7, 11) is 0. The Labute approximate surface area is 163 Å². The maximum Gasteiger partial charge on any atom is 0.124 e. The molecule has 1 N–H and O–H groups in total. The molecule has 0 aliphatic carbocycles. The van der Waals surface area contributed by atoms with E-state index < -0.39 is 0 Å². The first-order valence-corrected chi connectivity index (χ1v) is 8.94. The molecular weight excluding hydrogens is 355 g/mol. The predicted molar refractivity (Wildman–Crippen MR) is 112 cm³/mol. The number of piperazine rings is 1. The lowest BCUT2D eigenvalue weighted by atomic mass is 9.93. The molecule has 140 valence electrons. The quantitative estimate of drug-likeness (QED) is 0.771. The van der Waals surface area contributed by atoms with Crippen molar-refractivity contribution in [2.75, 3.05) is 32.8 Å². The van der Waals surface area contributed by atoms with Crippen LogP contribution in [0.2, 0.25) is 0 Å². The number of fused-ring (bicyclic) bond motifs is 1. The van der Waals surface area contributed by atoms with Crippen molar-refractivity contribution in [2.45, 2.75) is 32.7 Å². The normalized spacial score (nSPS) is 15.9. The molecule has 25 heavy (non-hydrogen) atoms. The molecule has 1 aliphatic heterocycles. The molecule has 1 fully saturated rings. The van der Waals surface area contributed by atoms with Gasteiger partial charge in [0.2, 0.25) is 0 Å². The Morgan fingerprint density at radius 1 is 1.04 bits per heavy atom. The second-order valence-electron chi connectivity index (χ2n) is 6.22. The van der Waals surface area contributed by atoms with Gasteiger partial charge in [-0.3, -0.25) is 4.90 Å². The molecule has 5 heteroatoms. The molecule has 0 unspecified atom stereocenters. The van der Waals surface area contributed by atoms with Crippen molar-refractivity contribution in [1.29, 1.82) is 0 Å². The van der Waals surface area contributed by atoms with Crippen LogP contribution in [-0.4, -0.2) is 37.7 Å². The van der Waals surface area contributed by atoms with Gasteiger partial charge in [-0.05, 0) is 30.2 Å². The molecule has 0 amide bonds. The SMILES string of the molecule is CCC[C@H](c1c(OCC)ccc2ccccc12)N1CCNCC1.Cl.Cl. The van der Waals surface area contributed by atoms with Gasteiger partial charge < -0.3 is 10.1 Å². The summed E-state index contributed by atoms with van der Waals surface area (Å²) >= 11 is 0. The summed E-state index contributed by atoms with van der Waals surface area (Å²) in [6.45, 7) is 9.44. The largest absolute Gasteiger partial charge is 0.494 e. The number of nitrogens with one attached hydrogen (secondary N) is 1. The number of rotatable bonds is 6. The van der Waals surface area contributed by atoms with Crippen molar-refractivity contribution >= 4 is 35.6 Å². The molecule has 1 atom stereocenters. The number of nitrogens with zero attached hydrogens (tertiary/aromatic N) is 1. The summed E-state index contributed by atoms with van der Waals surface area (Å²) in [5.41, 5.74) is 1.38. The van der Waals surface area contributed by atoms with Gasteiger partial charge in [0.25, 0.3) is 0 Å². The Bertz CT molecular complexity index is 645. The van der Waals surface area contributed by atoms with Crippen molar-refractivity contribution in [3.63, 3.8) is 0 Å². The summed E-state index contributed by atoms with van der Waals surface area (Å²) in [6, 6.07) is 13.5. The van der Waals surface area contributed by atoms with Crippen LogP contribution < -0.4 is 10.1 Å². The van der Waals surface area contributed by atoms with E-state index in [0.29, 0.717) is 12.6 Å². The molecule has 0 aromatic heterocycles. The highest BCUT2D eigenvalue weighted by atomic mass is 35.5. The van der Waals surface area contributed by atoms with E-state index in [9.17, 15) is 0 Å². The molecule has 0 bridgehead atoms. The van der Waals surface area contributed by atoms with Gasteiger partial charge in [-0.15, -0.1) is 24.8 Å². The number of benzene rings is 2. The van der Waals surface area contributed by atoms with Crippen LogP contribution in [0.1, 0.15) is 38.3 Å². The van der Waals surface area contributed by atoms with Crippen molar-refractivity contribution < 1.29 is 4.74 Å². The molecule has 3 rings (SSSR count). The fourth-order valence-corrected chi connectivity index (χ4v) is 3.68. The minimum atomic E-state index is 0. The zero-order chi connectivity index (χ0) is 16.1. The van der Waals surface area contributed by atoms with Crippen LogP contribution in [-0.2, 0) is 0 Å². The van der Waals surface area contributed by atoms with Crippen LogP contribution in [0.4, 0.5) is 0 Å². The number of hydrogen-bond donors (Lipinski definition) is 1. The predicted octanol–water partition coefficient (Wildman–Crippen LogP) is 4.83. The van der Waals surface area contributed by atoms with E-state index in [0.717, 1.165) is 31.9 Å². The standard InChI is InChI=1S/C20H28N2O.2ClH/c1-3-7-18(22-14-12-21-13-15-22)20-17-9-6-5-8-16(17)10-11-19(20)23-4-2;;/h5-6,8-11,18,21H,3-4,7,12-15H2,1-2H3;2*1H/t18-;;/m1../s1. The lowest BCUT2D eigenvalue weighted by Gasteiger charge is -2.36. The van der Waals surface area contributed by atoms with Crippen LogP contribution in [0.25, 0.3) is 10.8 Å². The van der Waals surface area contributed by atoms with E-state index in [1.165, 1.54) is 29.2 Å².